The minimum absolute atomic E-state index is 0.0743. The number of methoxy groups -OCH3 is 1. The van der Waals surface area contributed by atoms with E-state index >= 15 is 0 Å². The highest BCUT2D eigenvalue weighted by atomic mass is 16.5. The van der Waals surface area contributed by atoms with Gasteiger partial charge < -0.3 is 20.5 Å². The molecule has 1 fully saturated rings. The summed E-state index contributed by atoms with van der Waals surface area (Å²) < 4.78 is 12.6. The molecule has 0 spiro atoms. The van der Waals surface area contributed by atoms with Gasteiger partial charge in [-0.3, -0.25) is 4.57 Å². The molecule has 1 aliphatic heterocycles. The number of nitrogen functional groups attached to an aromatic ring is 1. The Balaban J connectivity index is 2.22. The summed E-state index contributed by atoms with van der Waals surface area (Å²) in [4.78, 5) is 15.8. The molecule has 112 valence electrons. The van der Waals surface area contributed by atoms with E-state index in [1.807, 2.05) is 13.8 Å². The van der Waals surface area contributed by atoms with E-state index in [-0.39, 0.29) is 29.9 Å². The summed E-state index contributed by atoms with van der Waals surface area (Å²) in [6.45, 7) is 5.19. The van der Waals surface area contributed by atoms with Gasteiger partial charge in [0.15, 0.2) is 0 Å². The summed E-state index contributed by atoms with van der Waals surface area (Å²) in [6.07, 6.45) is 1.99. The van der Waals surface area contributed by atoms with Crippen molar-refractivity contribution in [1.29, 1.82) is 0 Å². The molecule has 1 saturated heterocycles. The predicted molar refractivity (Wildman–Crippen MR) is 75.5 cm³/mol. The molecule has 0 saturated carbocycles. The summed E-state index contributed by atoms with van der Waals surface area (Å²) in [5.74, 6) is 0.265. The Morgan fingerprint density at radius 2 is 2.40 bits per heavy atom. The first-order valence-corrected chi connectivity index (χ1v) is 6.79. The van der Waals surface area contributed by atoms with Crippen LogP contribution in [-0.4, -0.2) is 42.0 Å². The number of aryl methyl sites for hydroxylation is 1. The molecule has 3 atom stereocenters. The van der Waals surface area contributed by atoms with Gasteiger partial charge in [-0.05, 0) is 13.5 Å². The number of nitrogens with two attached hydrogens (primary N) is 1. The van der Waals surface area contributed by atoms with Crippen LogP contribution in [0.25, 0.3) is 0 Å². The van der Waals surface area contributed by atoms with Crippen LogP contribution in [0, 0.1) is 6.92 Å². The standard InChI is InChI=1S/C13H22N4O3/c1-4-15-9-5-11(20-10(9)7-19-3)17-6-8(2)12(14)16-13(17)18/h6,9-11,15H,4-5,7H2,1-3H3,(H2,14,16,18)/t9?,10?,11-/m1/s1. The number of nitrogens with zero attached hydrogens (tertiary/aromatic N) is 2. The fourth-order valence-electron chi connectivity index (χ4n) is 2.48. The van der Waals surface area contributed by atoms with E-state index < -0.39 is 0 Å². The largest absolute Gasteiger partial charge is 0.383 e. The van der Waals surface area contributed by atoms with Crippen molar-refractivity contribution in [2.24, 2.45) is 0 Å². The number of anilines is 1. The van der Waals surface area contributed by atoms with Gasteiger partial charge in [0.2, 0.25) is 0 Å². The van der Waals surface area contributed by atoms with Gasteiger partial charge in [0.25, 0.3) is 0 Å². The molecule has 0 radical (unpaired) electrons. The van der Waals surface area contributed by atoms with E-state index in [1.54, 1.807) is 13.3 Å². The summed E-state index contributed by atoms with van der Waals surface area (Å²) in [6, 6.07) is 0.162. The van der Waals surface area contributed by atoms with Gasteiger partial charge >= 0.3 is 5.69 Å². The maximum atomic E-state index is 11.9. The average Bonchev–Trinajstić information content (AvgIpc) is 2.78. The first kappa shape index (κ1) is 15.0. The second-order valence-electron chi connectivity index (χ2n) is 4.98. The third kappa shape index (κ3) is 3.00. The SMILES string of the molecule is CCNC1C[C@H](n2cc(C)c(N)nc2=O)OC1COC. The Morgan fingerprint density at radius 3 is 3.05 bits per heavy atom. The highest BCUT2D eigenvalue weighted by Gasteiger charge is 2.36. The second kappa shape index (κ2) is 6.34. The fourth-order valence-corrected chi connectivity index (χ4v) is 2.48. The van der Waals surface area contributed by atoms with Crippen molar-refractivity contribution in [2.75, 3.05) is 26.0 Å². The van der Waals surface area contributed by atoms with Crippen molar-refractivity contribution in [3.63, 3.8) is 0 Å². The maximum absolute atomic E-state index is 11.9. The number of hydrogen-bond donors (Lipinski definition) is 2. The Hall–Kier alpha value is -1.44. The molecule has 7 heteroatoms. The van der Waals surface area contributed by atoms with Crippen LogP contribution in [0.1, 0.15) is 25.1 Å². The molecular formula is C13H22N4O3. The minimum Gasteiger partial charge on any atom is -0.383 e. The number of ether oxygens (including phenoxy) is 2. The highest BCUT2D eigenvalue weighted by Crippen LogP contribution is 2.28. The van der Waals surface area contributed by atoms with Gasteiger partial charge in [-0.25, -0.2) is 4.79 Å². The molecule has 1 aromatic rings. The second-order valence-corrected chi connectivity index (χ2v) is 4.98. The number of aromatic nitrogens is 2. The Labute approximate surface area is 118 Å². The Morgan fingerprint density at radius 1 is 1.65 bits per heavy atom. The van der Waals surface area contributed by atoms with Crippen LogP contribution in [0.2, 0.25) is 0 Å². The zero-order valence-electron chi connectivity index (χ0n) is 12.1. The predicted octanol–water partition coefficient (Wildman–Crippen LogP) is 0.0459. The quantitative estimate of drug-likeness (QED) is 0.792. The number of nitrogens with one attached hydrogen (secondary N) is 1. The molecule has 0 aliphatic carbocycles. The van der Waals surface area contributed by atoms with Crippen LogP contribution in [0.3, 0.4) is 0 Å². The average molecular weight is 282 g/mol. The van der Waals surface area contributed by atoms with Crippen LogP contribution in [-0.2, 0) is 9.47 Å². The molecule has 3 N–H and O–H groups in total. The van der Waals surface area contributed by atoms with Crippen molar-refractivity contribution in [2.45, 2.75) is 38.6 Å². The molecule has 20 heavy (non-hydrogen) atoms. The lowest BCUT2D eigenvalue weighted by Gasteiger charge is -2.17. The third-order valence-corrected chi connectivity index (χ3v) is 3.52. The van der Waals surface area contributed by atoms with E-state index in [2.05, 4.69) is 10.3 Å². The summed E-state index contributed by atoms with van der Waals surface area (Å²) >= 11 is 0. The van der Waals surface area contributed by atoms with Crippen molar-refractivity contribution < 1.29 is 9.47 Å². The van der Waals surface area contributed by atoms with E-state index in [4.69, 9.17) is 15.2 Å². The van der Waals surface area contributed by atoms with Crippen molar-refractivity contribution >= 4 is 5.82 Å². The third-order valence-electron chi connectivity index (χ3n) is 3.52. The Bertz CT molecular complexity index is 503. The zero-order chi connectivity index (χ0) is 14.7. The van der Waals surface area contributed by atoms with E-state index in [9.17, 15) is 4.79 Å². The highest BCUT2D eigenvalue weighted by molar-refractivity contribution is 5.35. The first-order chi connectivity index (χ1) is 9.56. The monoisotopic (exact) mass is 282 g/mol. The lowest BCUT2D eigenvalue weighted by atomic mass is 10.1. The molecule has 7 nitrogen and oxygen atoms in total. The van der Waals surface area contributed by atoms with Crippen molar-refractivity contribution in [3.05, 3.63) is 22.2 Å². The number of rotatable bonds is 5. The van der Waals surface area contributed by atoms with Crippen LogP contribution >= 0.6 is 0 Å². The Kier molecular flexibility index (Phi) is 4.74. The smallest absolute Gasteiger partial charge is 0.351 e. The molecule has 1 aliphatic rings. The molecule has 0 bridgehead atoms. The van der Waals surface area contributed by atoms with Gasteiger partial charge in [0, 0.05) is 31.3 Å². The molecule has 0 amide bonds. The van der Waals surface area contributed by atoms with Crippen LogP contribution in [0.4, 0.5) is 5.82 Å². The molecule has 2 unspecified atom stereocenters. The summed E-state index contributed by atoms with van der Waals surface area (Å²) in [5.41, 5.74) is 6.02. The number of hydrogen-bond acceptors (Lipinski definition) is 6. The molecule has 2 heterocycles. The van der Waals surface area contributed by atoms with Gasteiger partial charge in [-0.1, -0.05) is 6.92 Å². The summed E-state index contributed by atoms with van der Waals surface area (Å²) in [5, 5.41) is 3.36. The molecule has 2 rings (SSSR count). The molecule has 0 aromatic carbocycles. The topological polar surface area (TPSA) is 91.4 Å². The van der Waals surface area contributed by atoms with Crippen molar-refractivity contribution in [1.82, 2.24) is 14.9 Å². The lowest BCUT2D eigenvalue weighted by Crippen LogP contribution is -2.38. The van der Waals surface area contributed by atoms with Gasteiger partial charge in [-0.2, -0.15) is 4.98 Å². The first-order valence-electron chi connectivity index (χ1n) is 6.79. The summed E-state index contributed by atoms with van der Waals surface area (Å²) in [7, 11) is 1.64. The van der Waals surface area contributed by atoms with E-state index in [1.165, 1.54) is 4.57 Å². The van der Waals surface area contributed by atoms with Gasteiger partial charge in [-0.15, -0.1) is 0 Å². The van der Waals surface area contributed by atoms with Gasteiger partial charge in [0.05, 0.1) is 12.7 Å². The van der Waals surface area contributed by atoms with Crippen molar-refractivity contribution in [3.8, 4) is 0 Å². The molecular weight excluding hydrogens is 260 g/mol. The number of likely N-dealkylation sites (N-methyl/N-ethyl adjacent to an activating group) is 1. The van der Waals surface area contributed by atoms with E-state index in [0.717, 1.165) is 12.1 Å². The van der Waals surface area contributed by atoms with Crippen LogP contribution < -0.4 is 16.7 Å². The van der Waals surface area contributed by atoms with Gasteiger partial charge in [0.1, 0.15) is 12.0 Å². The van der Waals surface area contributed by atoms with Crippen LogP contribution in [0.15, 0.2) is 11.0 Å². The molecule has 1 aromatic heterocycles. The lowest BCUT2D eigenvalue weighted by molar-refractivity contribution is -0.0379. The van der Waals surface area contributed by atoms with E-state index in [0.29, 0.717) is 13.0 Å². The minimum atomic E-state index is -0.383. The normalized spacial score (nSPS) is 26.1. The fraction of sp³-hybridized carbons (Fsp3) is 0.692. The maximum Gasteiger partial charge on any atom is 0.351 e. The van der Waals surface area contributed by atoms with Crippen LogP contribution in [0.5, 0.6) is 0 Å². The zero-order valence-corrected chi connectivity index (χ0v) is 12.1.